The fraction of sp³-hybridized carbons (Fsp3) is 0.333. The van der Waals surface area contributed by atoms with Gasteiger partial charge < -0.3 is 4.74 Å². The zero-order valence-electron chi connectivity index (χ0n) is 8.62. The maximum atomic E-state index is 11.4. The van der Waals surface area contributed by atoms with Crippen molar-refractivity contribution in [3.63, 3.8) is 0 Å². The Balaban J connectivity index is 2.71. The first-order valence-electron chi connectivity index (χ1n) is 4.72. The van der Waals surface area contributed by atoms with Crippen molar-refractivity contribution in [2.45, 2.75) is 26.4 Å². The highest BCUT2D eigenvalue weighted by Crippen LogP contribution is 2.07. The van der Waals surface area contributed by atoms with Gasteiger partial charge in [0.25, 0.3) is 0 Å². The number of rotatable bonds is 3. The molecule has 0 aromatic heterocycles. The summed E-state index contributed by atoms with van der Waals surface area (Å²) >= 11 is 0. The molecule has 1 radical (unpaired) electrons. The Kier molecular flexibility index (Phi) is 3.69. The molecule has 1 rings (SSSR count). The van der Waals surface area contributed by atoms with Crippen LogP contribution in [0.2, 0.25) is 0 Å². The summed E-state index contributed by atoms with van der Waals surface area (Å²) in [5, 5.41) is 0. The Bertz CT molecular complexity index is 299. The molecule has 14 heavy (non-hydrogen) atoms. The smallest absolute Gasteiger partial charge is 0.338 e. The van der Waals surface area contributed by atoms with Gasteiger partial charge in [-0.15, -0.1) is 0 Å². The number of carbonyl (C=O) groups is 1. The summed E-state index contributed by atoms with van der Waals surface area (Å²) in [5.74, 6) is -0.268. The van der Waals surface area contributed by atoms with Gasteiger partial charge in [0.05, 0.1) is 11.7 Å². The largest absolute Gasteiger partial charge is 0.459 e. The molecule has 75 valence electrons. The van der Waals surface area contributed by atoms with Crippen molar-refractivity contribution in [1.29, 1.82) is 0 Å². The molecule has 0 saturated heterocycles. The Hall–Kier alpha value is -1.31. The Labute approximate surface area is 84.9 Å². The molecular weight excluding hydrogens is 176 g/mol. The minimum absolute atomic E-state index is 0.0741. The van der Waals surface area contributed by atoms with Crippen LogP contribution >= 0.6 is 0 Å². The van der Waals surface area contributed by atoms with E-state index in [2.05, 4.69) is 6.92 Å². The molecule has 0 fully saturated rings. The lowest BCUT2D eigenvalue weighted by Gasteiger charge is -2.07. The highest BCUT2D eigenvalue weighted by molar-refractivity contribution is 5.89. The van der Waals surface area contributed by atoms with Crippen LogP contribution in [-0.2, 0) is 11.2 Å². The highest BCUT2D eigenvalue weighted by atomic mass is 16.5. The molecular formula is C12H15O2. The monoisotopic (exact) mass is 191 g/mol. The van der Waals surface area contributed by atoms with E-state index in [4.69, 9.17) is 4.74 Å². The molecule has 0 saturated carbocycles. The van der Waals surface area contributed by atoms with E-state index in [9.17, 15) is 4.79 Å². The fourth-order valence-electron chi connectivity index (χ4n) is 1.09. The summed E-state index contributed by atoms with van der Waals surface area (Å²) in [5.41, 5.74) is 1.71. The second-order valence-electron chi connectivity index (χ2n) is 3.40. The Morgan fingerprint density at radius 3 is 2.36 bits per heavy atom. The number of benzene rings is 1. The van der Waals surface area contributed by atoms with Crippen LogP contribution in [-0.4, -0.2) is 12.1 Å². The van der Waals surface area contributed by atoms with E-state index >= 15 is 0 Å². The average molecular weight is 191 g/mol. The molecule has 2 heteroatoms. The third-order valence-corrected chi connectivity index (χ3v) is 1.82. The van der Waals surface area contributed by atoms with E-state index in [1.165, 1.54) is 0 Å². The first-order chi connectivity index (χ1) is 6.63. The summed E-state index contributed by atoms with van der Waals surface area (Å²) in [6.07, 6.45) is 0.662. The SMILES string of the molecule is [CH2]Cc1ccc(C(=O)OC(C)C)cc1. The quantitative estimate of drug-likeness (QED) is 0.686. The van der Waals surface area contributed by atoms with Crippen LogP contribution in [0.5, 0.6) is 0 Å². The van der Waals surface area contributed by atoms with Crippen molar-refractivity contribution in [3.8, 4) is 0 Å². The van der Waals surface area contributed by atoms with Gasteiger partial charge in [0.2, 0.25) is 0 Å². The van der Waals surface area contributed by atoms with Crippen LogP contribution in [0.1, 0.15) is 29.8 Å². The average Bonchev–Trinajstić information content (AvgIpc) is 2.17. The minimum Gasteiger partial charge on any atom is -0.459 e. The van der Waals surface area contributed by atoms with Crippen LogP contribution in [0.25, 0.3) is 0 Å². The number of ether oxygens (including phenoxy) is 1. The van der Waals surface area contributed by atoms with Crippen LogP contribution < -0.4 is 0 Å². The molecule has 0 unspecified atom stereocenters. The third-order valence-electron chi connectivity index (χ3n) is 1.82. The predicted molar refractivity (Wildman–Crippen MR) is 56.1 cm³/mol. The first-order valence-corrected chi connectivity index (χ1v) is 4.72. The van der Waals surface area contributed by atoms with Gasteiger partial charge in [-0.05, 0) is 44.9 Å². The van der Waals surface area contributed by atoms with Crippen molar-refractivity contribution in [2.75, 3.05) is 0 Å². The van der Waals surface area contributed by atoms with Crippen molar-refractivity contribution in [1.82, 2.24) is 0 Å². The minimum atomic E-state index is -0.268. The Morgan fingerprint density at radius 1 is 1.36 bits per heavy atom. The van der Waals surface area contributed by atoms with Gasteiger partial charge in [-0.25, -0.2) is 4.79 Å². The van der Waals surface area contributed by atoms with E-state index in [0.29, 0.717) is 5.56 Å². The van der Waals surface area contributed by atoms with Gasteiger partial charge in [0.15, 0.2) is 0 Å². The van der Waals surface area contributed by atoms with Crippen LogP contribution in [0, 0.1) is 6.92 Å². The predicted octanol–water partition coefficient (Wildman–Crippen LogP) is 2.63. The molecule has 0 aliphatic carbocycles. The van der Waals surface area contributed by atoms with E-state index in [-0.39, 0.29) is 12.1 Å². The molecule has 2 nitrogen and oxygen atoms in total. The van der Waals surface area contributed by atoms with Crippen LogP contribution in [0.4, 0.5) is 0 Å². The lowest BCUT2D eigenvalue weighted by atomic mass is 10.1. The summed E-state index contributed by atoms with van der Waals surface area (Å²) < 4.78 is 5.06. The van der Waals surface area contributed by atoms with Gasteiger partial charge in [-0.2, -0.15) is 0 Å². The standard InChI is InChI=1S/C12H15O2/c1-4-10-5-7-11(8-6-10)12(13)14-9(2)3/h5-9H,1,4H2,2-3H3. The molecule has 0 bridgehead atoms. The molecule has 0 amide bonds. The molecule has 0 aliphatic rings. The third kappa shape index (κ3) is 2.87. The number of esters is 1. The summed E-state index contributed by atoms with van der Waals surface area (Å²) in [4.78, 5) is 11.4. The normalized spacial score (nSPS) is 10.3. The van der Waals surface area contributed by atoms with Crippen molar-refractivity contribution in [3.05, 3.63) is 42.3 Å². The second kappa shape index (κ2) is 4.80. The summed E-state index contributed by atoms with van der Waals surface area (Å²) in [7, 11) is 0. The van der Waals surface area contributed by atoms with Gasteiger partial charge in [-0.3, -0.25) is 0 Å². The van der Waals surface area contributed by atoms with E-state index < -0.39 is 0 Å². The maximum Gasteiger partial charge on any atom is 0.338 e. The number of hydrogen-bond acceptors (Lipinski definition) is 2. The zero-order chi connectivity index (χ0) is 10.6. The van der Waals surface area contributed by atoms with E-state index in [0.717, 1.165) is 12.0 Å². The molecule has 1 aromatic rings. The van der Waals surface area contributed by atoms with Gasteiger partial charge in [-0.1, -0.05) is 12.1 Å². The van der Waals surface area contributed by atoms with Crippen LogP contribution in [0.3, 0.4) is 0 Å². The van der Waals surface area contributed by atoms with E-state index in [1.54, 1.807) is 12.1 Å². The number of carbonyl (C=O) groups excluding carboxylic acids is 1. The molecule has 0 N–H and O–H groups in total. The molecule has 0 atom stereocenters. The summed E-state index contributed by atoms with van der Waals surface area (Å²) in [6.45, 7) is 7.43. The van der Waals surface area contributed by atoms with Gasteiger partial charge >= 0.3 is 5.97 Å². The molecule has 0 spiro atoms. The molecule has 0 heterocycles. The molecule has 1 aromatic carbocycles. The van der Waals surface area contributed by atoms with Crippen molar-refractivity contribution in [2.24, 2.45) is 0 Å². The van der Waals surface area contributed by atoms with Crippen molar-refractivity contribution < 1.29 is 9.53 Å². The Morgan fingerprint density at radius 2 is 1.93 bits per heavy atom. The molecule has 0 aliphatic heterocycles. The highest BCUT2D eigenvalue weighted by Gasteiger charge is 2.07. The van der Waals surface area contributed by atoms with E-state index in [1.807, 2.05) is 26.0 Å². The van der Waals surface area contributed by atoms with Gasteiger partial charge in [0, 0.05) is 0 Å². The number of hydrogen-bond donors (Lipinski definition) is 0. The van der Waals surface area contributed by atoms with Crippen LogP contribution in [0.15, 0.2) is 24.3 Å². The first kappa shape index (κ1) is 10.8. The maximum absolute atomic E-state index is 11.4. The lowest BCUT2D eigenvalue weighted by molar-refractivity contribution is 0.0378. The van der Waals surface area contributed by atoms with Gasteiger partial charge in [0.1, 0.15) is 0 Å². The zero-order valence-corrected chi connectivity index (χ0v) is 8.62. The lowest BCUT2D eigenvalue weighted by Crippen LogP contribution is -2.11. The fourth-order valence-corrected chi connectivity index (χ4v) is 1.09. The topological polar surface area (TPSA) is 26.3 Å². The second-order valence-corrected chi connectivity index (χ2v) is 3.40. The summed E-state index contributed by atoms with van der Waals surface area (Å²) in [6, 6.07) is 7.32. The van der Waals surface area contributed by atoms with Crippen molar-refractivity contribution >= 4 is 5.97 Å².